The predicted octanol–water partition coefficient (Wildman–Crippen LogP) is 1.85. The Balaban J connectivity index is 2.56. The summed E-state index contributed by atoms with van der Waals surface area (Å²) in [6.45, 7) is 5.18. The van der Waals surface area contributed by atoms with Crippen LogP contribution in [0.3, 0.4) is 0 Å². The van der Waals surface area contributed by atoms with E-state index in [1.54, 1.807) is 26.0 Å². The molecule has 1 aromatic carbocycles. The van der Waals surface area contributed by atoms with Gasteiger partial charge in [-0.2, -0.15) is 0 Å². The molecule has 21 heavy (non-hydrogen) atoms. The van der Waals surface area contributed by atoms with E-state index in [0.717, 1.165) is 19.3 Å². The standard InChI is InChI=1S/C16H24N2O3/c1-4-5-6-12-7-9-13(10-8-12)17-14(20)15(21)18-16(2,3)11-19/h7-10,19H,4-6,11H2,1-3H3,(H,17,20)(H,18,21). The van der Waals surface area contributed by atoms with Crippen LogP contribution >= 0.6 is 0 Å². The highest BCUT2D eigenvalue weighted by atomic mass is 16.3. The zero-order chi connectivity index (χ0) is 15.9. The van der Waals surface area contributed by atoms with Crippen molar-refractivity contribution in [2.75, 3.05) is 11.9 Å². The maximum atomic E-state index is 11.8. The van der Waals surface area contributed by atoms with E-state index in [1.807, 2.05) is 12.1 Å². The van der Waals surface area contributed by atoms with Gasteiger partial charge in [0, 0.05) is 5.69 Å². The molecular weight excluding hydrogens is 268 g/mol. The number of rotatable bonds is 6. The minimum absolute atomic E-state index is 0.238. The topological polar surface area (TPSA) is 78.4 Å². The molecule has 3 N–H and O–H groups in total. The first-order valence-electron chi connectivity index (χ1n) is 7.21. The normalized spacial score (nSPS) is 11.0. The van der Waals surface area contributed by atoms with Crippen molar-refractivity contribution < 1.29 is 14.7 Å². The van der Waals surface area contributed by atoms with Crippen LogP contribution in [0.1, 0.15) is 39.2 Å². The zero-order valence-corrected chi connectivity index (χ0v) is 12.9. The number of amides is 2. The first kappa shape index (κ1) is 17.2. The highest BCUT2D eigenvalue weighted by Gasteiger charge is 2.23. The molecule has 0 saturated heterocycles. The van der Waals surface area contributed by atoms with Crippen LogP contribution in [0, 0.1) is 0 Å². The van der Waals surface area contributed by atoms with Crippen molar-refractivity contribution in [2.24, 2.45) is 0 Å². The van der Waals surface area contributed by atoms with E-state index in [-0.39, 0.29) is 6.61 Å². The second-order valence-corrected chi connectivity index (χ2v) is 5.75. The van der Waals surface area contributed by atoms with E-state index in [0.29, 0.717) is 5.69 Å². The number of carbonyl (C=O) groups excluding carboxylic acids is 2. The van der Waals surface area contributed by atoms with Gasteiger partial charge in [0.2, 0.25) is 0 Å². The maximum absolute atomic E-state index is 11.8. The Morgan fingerprint density at radius 3 is 2.29 bits per heavy atom. The number of aryl methyl sites for hydroxylation is 1. The van der Waals surface area contributed by atoms with E-state index in [1.165, 1.54) is 5.56 Å². The molecular formula is C16H24N2O3. The molecule has 116 valence electrons. The van der Waals surface area contributed by atoms with Crippen LogP contribution in [0.4, 0.5) is 5.69 Å². The van der Waals surface area contributed by atoms with Crippen LogP contribution in [0.2, 0.25) is 0 Å². The Morgan fingerprint density at radius 1 is 1.14 bits per heavy atom. The minimum atomic E-state index is -0.821. The molecule has 0 heterocycles. The Labute approximate surface area is 125 Å². The van der Waals surface area contributed by atoms with Crippen molar-refractivity contribution >= 4 is 17.5 Å². The zero-order valence-electron chi connectivity index (χ0n) is 12.9. The summed E-state index contributed by atoms with van der Waals surface area (Å²) in [6.07, 6.45) is 3.28. The molecule has 0 aliphatic rings. The SMILES string of the molecule is CCCCc1ccc(NC(=O)C(=O)NC(C)(C)CO)cc1. The average molecular weight is 292 g/mol. The fourth-order valence-electron chi connectivity index (χ4n) is 1.73. The molecule has 0 atom stereocenters. The van der Waals surface area contributed by atoms with Gasteiger partial charge in [-0.1, -0.05) is 25.5 Å². The molecule has 0 spiro atoms. The van der Waals surface area contributed by atoms with Crippen LogP contribution < -0.4 is 10.6 Å². The quantitative estimate of drug-likeness (QED) is 0.700. The second kappa shape index (κ2) is 7.78. The van der Waals surface area contributed by atoms with Crippen LogP contribution in [0.5, 0.6) is 0 Å². The van der Waals surface area contributed by atoms with Crippen LogP contribution in [0.25, 0.3) is 0 Å². The third-order valence-corrected chi connectivity index (χ3v) is 3.08. The van der Waals surface area contributed by atoms with E-state index in [4.69, 9.17) is 5.11 Å². The van der Waals surface area contributed by atoms with Gasteiger partial charge in [0.15, 0.2) is 0 Å². The summed E-state index contributed by atoms with van der Waals surface area (Å²) >= 11 is 0. The fourth-order valence-corrected chi connectivity index (χ4v) is 1.73. The smallest absolute Gasteiger partial charge is 0.313 e. The summed E-state index contributed by atoms with van der Waals surface area (Å²) in [5.74, 6) is -1.50. The Bertz CT molecular complexity index is 481. The average Bonchev–Trinajstić information content (AvgIpc) is 2.46. The van der Waals surface area contributed by atoms with Crippen molar-refractivity contribution in [3.05, 3.63) is 29.8 Å². The van der Waals surface area contributed by atoms with Crippen molar-refractivity contribution in [3.63, 3.8) is 0 Å². The highest BCUT2D eigenvalue weighted by Crippen LogP contribution is 2.12. The number of hydrogen-bond donors (Lipinski definition) is 3. The number of carbonyl (C=O) groups is 2. The van der Waals surface area contributed by atoms with Crippen molar-refractivity contribution in [1.29, 1.82) is 0 Å². The molecule has 0 aliphatic carbocycles. The van der Waals surface area contributed by atoms with Crippen LogP contribution in [-0.4, -0.2) is 29.1 Å². The number of unbranched alkanes of at least 4 members (excludes halogenated alkanes) is 1. The van der Waals surface area contributed by atoms with Gasteiger partial charge in [0.1, 0.15) is 0 Å². The molecule has 0 aromatic heterocycles. The Hall–Kier alpha value is -1.88. The number of aliphatic hydroxyl groups is 1. The summed E-state index contributed by atoms with van der Waals surface area (Å²) in [7, 11) is 0. The van der Waals surface area contributed by atoms with E-state index in [9.17, 15) is 9.59 Å². The molecule has 5 nitrogen and oxygen atoms in total. The lowest BCUT2D eigenvalue weighted by atomic mass is 10.1. The molecule has 1 aromatic rings. The third-order valence-electron chi connectivity index (χ3n) is 3.08. The van der Waals surface area contributed by atoms with Crippen molar-refractivity contribution in [2.45, 2.75) is 45.6 Å². The number of benzene rings is 1. The van der Waals surface area contributed by atoms with Gasteiger partial charge in [-0.25, -0.2) is 0 Å². The highest BCUT2D eigenvalue weighted by molar-refractivity contribution is 6.39. The molecule has 1 rings (SSSR count). The molecule has 5 heteroatoms. The summed E-state index contributed by atoms with van der Waals surface area (Å²) < 4.78 is 0. The second-order valence-electron chi connectivity index (χ2n) is 5.75. The molecule has 2 amide bonds. The number of anilines is 1. The third kappa shape index (κ3) is 5.95. The van der Waals surface area contributed by atoms with E-state index in [2.05, 4.69) is 17.6 Å². The van der Waals surface area contributed by atoms with Gasteiger partial charge < -0.3 is 15.7 Å². The molecule has 0 bridgehead atoms. The van der Waals surface area contributed by atoms with Crippen LogP contribution in [0.15, 0.2) is 24.3 Å². The lowest BCUT2D eigenvalue weighted by molar-refractivity contribution is -0.137. The monoisotopic (exact) mass is 292 g/mol. The molecule has 0 saturated carbocycles. The van der Waals surface area contributed by atoms with E-state index < -0.39 is 17.4 Å². The summed E-state index contributed by atoms with van der Waals surface area (Å²) in [4.78, 5) is 23.5. The van der Waals surface area contributed by atoms with Gasteiger partial charge in [-0.15, -0.1) is 0 Å². The van der Waals surface area contributed by atoms with E-state index >= 15 is 0 Å². The summed E-state index contributed by atoms with van der Waals surface area (Å²) in [5, 5.41) is 14.1. The first-order valence-corrected chi connectivity index (χ1v) is 7.21. The molecule has 0 unspecified atom stereocenters. The first-order chi connectivity index (χ1) is 9.88. The number of nitrogens with one attached hydrogen (secondary N) is 2. The maximum Gasteiger partial charge on any atom is 0.313 e. The van der Waals surface area contributed by atoms with Gasteiger partial charge in [-0.05, 0) is 44.4 Å². The van der Waals surface area contributed by atoms with Gasteiger partial charge in [-0.3, -0.25) is 9.59 Å². The van der Waals surface area contributed by atoms with Gasteiger partial charge in [0.25, 0.3) is 0 Å². The minimum Gasteiger partial charge on any atom is -0.394 e. The summed E-state index contributed by atoms with van der Waals surface area (Å²) in [5.41, 5.74) is 0.969. The van der Waals surface area contributed by atoms with Crippen LogP contribution in [-0.2, 0) is 16.0 Å². The van der Waals surface area contributed by atoms with Crippen molar-refractivity contribution in [3.8, 4) is 0 Å². The fraction of sp³-hybridized carbons (Fsp3) is 0.500. The largest absolute Gasteiger partial charge is 0.394 e. The molecule has 0 radical (unpaired) electrons. The number of aliphatic hydroxyl groups excluding tert-OH is 1. The Morgan fingerprint density at radius 2 is 1.76 bits per heavy atom. The number of hydrogen-bond acceptors (Lipinski definition) is 3. The predicted molar refractivity (Wildman–Crippen MR) is 83.0 cm³/mol. The molecule has 0 aliphatic heterocycles. The lowest BCUT2D eigenvalue weighted by Gasteiger charge is -2.22. The molecule has 0 fully saturated rings. The van der Waals surface area contributed by atoms with Gasteiger partial charge in [0.05, 0.1) is 12.1 Å². The van der Waals surface area contributed by atoms with Gasteiger partial charge >= 0.3 is 11.8 Å². The van der Waals surface area contributed by atoms with Crippen molar-refractivity contribution in [1.82, 2.24) is 5.32 Å². The lowest BCUT2D eigenvalue weighted by Crippen LogP contribution is -2.50. The Kier molecular flexibility index (Phi) is 6.37. The summed E-state index contributed by atoms with van der Waals surface area (Å²) in [6, 6.07) is 7.46.